The van der Waals surface area contributed by atoms with Gasteiger partial charge in [0.1, 0.15) is 11.3 Å². The Morgan fingerprint density at radius 3 is 2.65 bits per heavy atom. The summed E-state index contributed by atoms with van der Waals surface area (Å²) in [5, 5.41) is 17.3. The summed E-state index contributed by atoms with van der Waals surface area (Å²) in [5.74, 6) is 0.334. The highest BCUT2D eigenvalue weighted by molar-refractivity contribution is 5.96. The quantitative estimate of drug-likeness (QED) is 0.836. The SMILES string of the molecule is CCc1noc(C)c1C(=O)N1CC[C@@H](CNC(=O)N2CCCC2)[C@H](O)C1. The molecule has 2 aliphatic heterocycles. The number of carbonyl (C=O) groups excluding carboxylic acids is 2. The first-order valence-electron chi connectivity index (χ1n) is 9.46. The van der Waals surface area contributed by atoms with Crippen LogP contribution in [-0.2, 0) is 6.42 Å². The van der Waals surface area contributed by atoms with Gasteiger partial charge in [0.25, 0.3) is 5.91 Å². The zero-order valence-electron chi connectivity index (χ0n) is 15.5. The first-order chi connectivity index (χ1) is 12.5. The lowest BCUT2D eigenvalue weighted by molar-refractivity contribution is 0.0201. The van der Waals surface area contributed by atoms with E-state index in [1.165, 1.54) is 0 Å². The second-order valence-electron chi connectivity index (χ2n) is 7.16. The summed E-state index contributed by atoms with van der Waals surface area (Å²) in [6, 6.07) is -0.0547. The molecule has 2 aliphatic rings. The number of aliphatic hydroxyl groups is 1. The molecule has 26 heavy (non-hydrogen) atoms. The first-order valence-corrected chi connectivity index (χ1v) is 9.46. The second kappa shape index (κ2) is 8.07. The predicted octanol–water partition coefficient (Wildman–Crippen LogP) is 1.17. The van der Waals surface area contributed by atoms with Crippen LogP contribution in [0.1, 0.15) is 48.0 Å². The average Bonchev–Trinajstić information content (AvgIpc) is 3.29. The van der Waals surface area contributed by atoms with Gasteiger partial charge in [0.15, 0.2) is 0 Å². The molecule has 8 heteroatoms. The minimum absolute atomic E-state index is 0.0418. The standard InChI is InChI=1S/C18H28N4O4/c1-3-14-16(12(2)26-20-14)17(24)22-9-6-13(15(23)11-22)10-19-18(25)21-7-4-5-8-21/h13,15,23H,3-11H2,1-2H3,(H,19,25)/t13-,15+/m0/s1. The van der Waals surface area contributed by atoms with Crippen molar-refractivity contribution in [3.05, 3.63) is 17.0 Å². The molecule has 3 rings (SSSR count). The maximum atomic E-state index is 12.8. The Bertz CT molecular complexity index is 654. The van der Waals surface area contributed by atoms with Crippen molar-refractivity contribution in [2.75, 3.05) is 32.7 Å². The first kappa shape index (κ1) is 18.7. The summed E-state index contributed by atoms with van der Waals surface area (Å²) in [5.41, 5.74) is 1.17. The highest BCUT2D eigenvalue weighted by Crippen LogP contribution is 2.22. The number of piperidine rings is 1. The fraction of sp³-hybridized carbons (Fsp3) is 0.722. The molecular weight excluding hydrogens is 336 g/mol. The van der Waals surface area contributed by atoms with Crippen molar-refractivity contribution in [3.8, 4) is 0 Å². The van der Waals surface area contributed by atoms with Gasteiger partial charge in [0.05, 0.1) is 11.8 Å². The van der Waals surface area contributed by atoms with Gasteiger partial charge in [-0.3, -0.25) is 4.79 Å². The van der Waals surface area contributed by atoms with Gasteiger partial charge in [-0.2, -0.15) is 0 Å². The van der Waals surface area contributed by atoms with Crippen molar-refractivity contribution < 1.29 is 19.2 Å². The summed E-state index contributed by atoms with van der Waals surface area (Å²) >= 11 is 0. The number of carbonyl (C=O) groups is 2. The topological polar surface area (TPSA) is 98.9 Å². The molecule has 2 saturated heterocycles. The Morgan fingerprint density at radius 2 is 2.00 bits per heavy atom. The predicted molar refractivity (Wildman–Crippen MR) is 94.8 cm³/mol. The van der Waals surface area contributed by atoms with E-state index in [-0.39, 0.29) is 24.4 Å². The Labute approximate surface area is 153 Å². The van der Waals surface area contributed by atoms with Crippen LogP contribution in [-0.4, -0.2) is 70.8 Å². The molecule has 2 N–H and O–H groups in total. The van der Waals surface area contributed by atoms with Gasteiger partial charge >= 0.3 is 6.03 Å². The zero-order chi connectivity index (χ0) is 18.7. The van der Waals surface area contributed by atoms with Crippen LogP contribution in [0.2, 0.25) is 0 Å². The lowest BCUT2D eigenvalue weighted by Gasteiger charge is -2.36. The van der Waals surface area contributed by atoms with Crippen LogP contribution >= 0.6 is 0 Å². The van der Waals surface area contributed by atoms with Crippen LogP contribution in [0.4, 0.5) is 4.79 Å². The van der Waals surface area contributed by atoms with Gasteiger partial charge in [-0.1, -0.05) is 12.1 Å². The van der Waals surface area contributed by atoms with E-state index in [4.69, 9.17) is 4.52 Å². The minimum Gasteiger partial charge on any atom is -0.391 e. The maximum Gasteiger partial charge on any atom is 0.317 e. The van der Waals surface area contributed by atoms with Crippen LogP contribution in [0.3, 0.4) is 0 Å². The summed E-state index contributed by atoms with van der Waals surface area (Å²) in [6.07, 6.45) is 2.73. The van der Waals surface area contributed by atoms with Crippen molar-refractivity contribution in [2.24, 2.45) is 5.92 Å². The molecule has 0 spiro atoms. The van der Waals surface area contributed by atoms with Crippen LogP contribution in [0.5, 0.6) is 0 Å². The molecule has 8 nitrogen and oxygen atoms in total. The van der Waals surface area contributed by atoms with Crippen molar-refractivity contribution in [2.45, 2.75) is 45.6 Å². The largest absolute Gasteiger partial charge is 0.391 e. The fourth-order valence-corrected chi connectivity index (χ4v) is 3.74. The highest BCUT2D eigenvalue weighted by atomic mass is 16.5. The normalized spacial score (nSPS) is 23.3. The molecule has 1 aromatic rings. The summed E-state index contributed by atoms with van der Waals surface area (Å²) < 4.78 is 5.15. The molecule has 2 fully saturated rings. The van der Waals surface area contributed by atoms with Crippen molar-refractivity contribution >= 4 is 11.9 Å². The maximum absolute atomic E-state index is 12.8. The lowest BCUT2D eigenvalue weighted by Crippen LogP contribution is -2.50. The summed E-state index contributed by atoms with van der Waals surface area (Å²) in [7, 11) is 0. The number of hydrogen-bond donors (Lipinski definition) is 2. The smallest absolute Gasteiger partial charge is 0.317 e. The molecule has 3 heterocycles. The van der Waals surface area contributed by atoms with Gasteiger partial charge in [-0.25, -0.2) is 4.79 Å². The number of aryl methyl sites for hydroxylation is 2. The van der Waals surface area contributed by atoms with E-state index in [2.05, 4.69) is 10.5 Å². The number of urea groups is 1. The van der Waals surface area contributed by atoms with E-state index < -0.39 is 6.10 Å². The molecule has 1 aromatic heterocycles. The number of aliphatic hydroxyl groups excluding tert-OH is 1. The molecule has 0 saturated carbocycles. The van der Waals surface area contributed by atoms with Crippen LogP contribution < -0.4 is 5.32 Å². The molecule has 0 bridgehead atoms. The molecule has 2 atom stereocenters. The Balaban J connectivity index is 1.53. The van der Waals surface area contributed by atoms with Gasteiger partial charge < -0.3 is 24.7 Å². The van der Waals surface area contributed by atoms with Crippen molar-refractivity contribution in [1.29, 1.82) is 0 Å². The van der Waals surface area contributed by atoms with Gasteiger partial charge in [0, 0.05) is 38.6 Å². The van der Waals surface area contributed by atoms with Crippen LogP contribution in [0.25, 0.3) is 0 Å². The van der Waals surface area contributed by atoms with Crippen molar-refractivity contribution in [3.63, 3.8) is 0 Å². The van der Waals surface area contributed by atoms with Gasteiger partial charge in [0.2, 0.25) is 0 Å². The fourth-order valence-electron chi connectivity index (χ4n) is 3.74. The molecule has 0 aromatic carbocycles. The Kier molecular flexibility index (Phi) is 5.80. The van der Waals surface area contributed by atoms with E-state index in [1.54, 1.807) is 11.8 Å². The van der Waals surface area contributed by atoms with E-state index in [0.717, 1.165) is 25.9 Å². The monoisotopic (exact) mass is 364 g/mol. The molecule has 3 amide bonds. The van der Waals surface area contributed by atoms with Crippen molar-refractivity contribution in [1.82, 2.24) is 20.3 Å². The number of likely N-dealkylation sites (tertiary alicyclic amines) is 2. The van der Waals surface area contributed by atoms with Gasteiger partial charge in [-0.05, 0) is 32.6 Å². The highest BCUT2D eigenvalue weighted by Gasteiger charge is 2.33. The number of hydrogen-bond acceptors (Lipinski definition) is 5. The lowest BCUT2D eigenvalue weighted by atomic mass is 9.93. The second-order valence-corrected chi connectivity index (χ2v) is 7.16. The number of β-amino-alcohol motifs (C(OH)–C–C–N with tert-alkyl or cyclic N) is 1. The third-order valence-electron chi connectivity index (χ3n) is 5.40. The van der Waals surface area contributed by atoms with Gasteiger partial charge in [-0.15, -0.1) is 0 Å². The minimum atomic E-state index is -0.656. The number of aromatic nitrogens is 1. The third-order valence-corrected chi connectivity index (χ3v) is 5.40. The number of nitrogens with one attached hydrogen (secondary N) is 1. The van der Waals surface area contributed by atoms with Crippen LogP contribution in [0.15, 0.2) is 4.52 Å². The summed E-state index contributed by atoms with van der Waals surface area (Å²) in [4.78, 5) is 28.3. The van der Waals surface area contributed by atoms with E-state index >= 15 is 0 Å². The van der Waals surface area contributed by atoms with Crippen LogP contribution in [0, 0.1) is 12.8 Å². The van der Waals surface area contributed by atoms with E-state index in [1.807, 2.05) is 11.8 Å². The molecule has 0 unspecified atom stereocenters. The van der Waals surface area contributed by atoms with E-state index in [9.17, 15) is 14.7 Å². The number of rotatable bonds is 4. The summed E-state index contributed by atoms with van der Waals surface area (Å²) in [6.45, 7) is 6.52. The Morgan fingerprint density at radius 1 is 1.27 bits per heavy atom. The zero-order valence-corrected chi connectivity index (χ0v) is 15.5. The number of amides is 3. The molecule has 0 aliphatic carbocycles. The molecular formula is C18H28N4O4. The van der Waals surface area contributed by atoms with E-state index in [0.29, 0.717) is 42.9 Å². The number of nitrogens with zero attached hydrogens (tertiary/aromatic N) is 3. The third kappa shape index (κ3) is 3.85. The molecule has 144 valence electrons. The molecule has 0 radical (unpaired) electrons. The Hall–Kier alpha value is -2.09. The average molecular weight is 364 g/mol.